The summed E-state index contributed by atoms with van der Waals surface area (Å²) in [6.45, 7) is 1.87. The Kier molecular flexibility index (Phi) is 4.78. The Balaban J connectivity index is 1.67. The Bertz CT molecular complexity index is 771. The van der Waals surface area contributed by atoms with E-state index in [1.54, 1.807) is 23.3 Å². The van der Waals surface area contributed by atoms with Gasteiger partial charge in [-0.05, 0) is 30.5 Å². The van der Waals surface area contributed by atoms with Gasteiger partial charge in [-0.1, -0.05) is 36.0 Å². The van der Waals surface area contributed by atoms with Crippen LogP contribution in [0.4, 0.5) is 5.69 Å². The first-order chi connectivity index (χ1) is 11.1. The number of carbonyl (C=O) groups is 1. The van der Waals surface area contributed by atoms with Crippen molar-refractivity contribution >= 4 is 34.7 Å². The van der Waals surface area contributed by atoms with E-state index in [0.717, 1.165) is 16.4 Å². The largest absolute Gasteiger partial charge is 0.315 e. The van der Waals surface area contributed by atoms with Crippen LogP contribution in [-0.2, 0) is 4.79 Å². The molecule has 23 heavy (non-hydrogen) atoms. The highest BCUT2D eigenvalue weighted by molar-refractivity contribution is 8.00. The number of thiophene rings is 1. The highest BCUT2D eigenvalue weighted by Crippen LogP contribution is 2.26. The SMILES string of the molecule is C[C@H](Sc1n[nH]c(-c2cccs2)n1)C(=O)N(C)c1ccccc1. The molecule has 1 atom stereocenters. The summed E-state index contributed by atoms with van der Waals surface area (Å²) < 4.78 is 0. The highest BCUT2D eigenvalue weighted by atomic mass is 32.2. The number of anilines is 1. The molecule has 3 rings (SSSR count). The predicted molar refractivity (Wildman–Crippen MR) is 94.9 cm³/mol. The molecule has 0 aliphatic rings. The number of carbonyl (C=O) groups excluding carboxylic acids is 1. The maximum absolute atomic E-state index is 12.5. The van der Waals surface area contributed by atoms with Gasteiger partial charge >= 0.3 is 0 Å². The zero-order valence-electron chi connectivity index (χ0n) is 12.8. The van der Waals surface area contributed by atoms with Crippen molar-refractivity contribution in [3.8, 4) is 10.7 Å². The van der Waals surface area contributed by atoms with Crippen LogP contribution < -0.4 is 4.90 Å². The summed E-state index contributed by atoms with van der Waals surface area (Å²) in [4.78, 5) is 19.7. The van der Waals surface area contributed by atoms with E-state index < -0.39 is 0 Å². The fraction of sp³-hybridized carbons (Fsp3) is 0.188. The standard InChI is InChI=1S/C16H16N4OS2/c1-11(15(21)20(2)12-7-4-3-5-8-12)23-16-17-14(18-19-16)13-9-6-10-22-13/h3-11H,1-2H3,(H,17,18,19)/t11-/m0/s1. The molecular weight excluding hydrogens is 328 g/mol. The minimum atomic E-state index is -0.271. The molecule has 1 amide bonds. The van der Waals surface area contributed by atoms with Gasteiger partial charge in [0.05, 0.1) is 10.1 Å². The molecule has 0 saturated heterocycles. The van der Waals surface area contributed by atoms with E-state index >= 15 is 0 Å². The smallest absolute Gasteiger partial charge is 0.240 e. The van der Waals surface area contributed by atoms with Gasteiger partial charge in [0.1, 0.15) is 0 Å². The number of nitrogens with zero attached hydrogens (tertiary/aromatic N) is 3. The summed E-state index contributed by atoms with van der Waals surface area (Å²) in [5.74, 6) is 0.752. The second-order valence-corrected chi connectivity index (χ2v) is 7.19. The van der Waals surface area contributed by atoms with Gasteiger partial charge < -0.3 is 4.90 Å². The van der Waals surface area contributed by atoms with E-state index in [-0.39, 0.29) is 11.2 Å². The first-order valence-corrected chi connectivity index (χ1v) is 8.86. The quantitative estimate of drug-likeness (QED) is 0.717. The van der Waals surface area contributed by atoms with Crippen LogP contribution >= 0.6 is 23.1 Å². The first kappa shape index (κ1) is 15.8. The number of aromatic amines is 1. The Morgan fingerprint density at radius 1 is 1.26 bits per heavy atom. The third-order valence-corrected chi connectivity index (χ3v) is 5.15. The molecule has 0 bridgehead atoms. The molecule has 0 spiro atoms. The maximum Gasteiger partial charge on any atom is 0.240 e. The number of H-pyrrole nitrogens is 1. The molecule has 0 unspecified atom stereocenters. The number of thioether (sulfide) groups is 1. The van der Waals surface area contributed by atoms with Crippen LogP contribution in [-0.4, -0.2) is 33.4 Å². The molecule has 1 aromatic carbocycles. The van der Waals surface area contributed by atoms with Crippen molar-refractivity contribution in [1.29, 1.82) is 0 Å². The number of aromatic nitrogens is 3. The highest BCUT2D eigenvalue weighted by Gasteiger charge is 2.21. The third-order valence-electron chi connectivity index (χ3n) is 3.32. The van der Waals surface area contributed by atoms with Crippen LogP contribution in [0.25, 0.3) is 10.7 Å². The molecule has 2 heterocycles. The molecule has 118 valence electrons. The molecular formula is C16H16N4OS2. The van der Waals surface area contributed by atoms with Crippen molar-refractivity contribution in [3.63, 3.8) is 0 Å². The van der Waals surface area contributed by atoms with Crippen molar-refractivity contribution in [2.75, 3.05) is 11.9 Å². The van der Waals surface area contributed by atoms with Gasteiger partial charge in [0.15, 0.2) is 5.82 Å². The Morgan fingerprint density at radius 2 is 2.04 bits per heavy atom. The Morgan fingerprint density at radius 3 is 2.74 bits per heavy atom. The van der Waals surface area contributed by atoms with Gasteiger partial charge in [0.2, 0.25) is 11.1 Å². The van der Waals surface area contributed by atoms with Gasteiger partial charge in [0.25, 0.3) is 0 Å². The van der Waals surface area contributed by atoms with Crippen LogP contribution in [0.2, 0.25) is 0 Å². The second-order valence-electron chi connectivity index (χ2n) is 4.94. The molecule has 5 nitrogen and oxygen atoms in total. The third kappa shape index (κ3) is 3.62. The van der Waals surface area contributed by atoms with Crippen LogP contribution in [0, 0.1) is 0 Å². The fourth-order valence-electron chi connectivity index (χ4n) is 2.08. The minimum absolute atomic E-state index is 0.0173. The first-order valence-electron chi connectivity index (χ1n) is 7.10. The van der Waals surface area contributed by atoms with Crippen molar-refractivity contribution in [2.45, 2.75) is 17.3 Å². The Hall–Kier alpha value is -2.12. The molecule has 2 aromatic heterocycles. The summed E-state index contributed by atoms with van der Waals surface area (Å²) in [6.07, 6.45) is 0. The lowest BCUT2D eigenvalue weighted by Gasteiger charge is -2.20. The second kappa shape index (κ2) is 6.97. The van der Waals surface area contributed by atoms with Gasteiger partial charge in [-0.3, -0.25) is 9.89 Å². The number of benzene rings is 1. The summed E-state index contributed by atoms with van der Waals surface area (Å²) in [5, 5.41) is 9.41. The lowest BCUT2D eigenvalue weighted by molar-refractivity contribution is -0.117. The molecule has 1 N–H and O–H groups in total. The molecule has 0 radical (unpaired) electrons. The zero-order valence-corrected chi connectivity index (χ0v) is 14.4. The van der Waals surface area contributed by atoms with Crippen LogP contribution in [0.15, 0.2) is 53.0 Å². The van der Waals surface area contributed by atoms with E-state index in [9.17, 15) is 4.79 Å². The lowest BCUT2D eigenvalue weighted by Crippen LogP contribution is -2.33. The van der Waals surface area contributed by atoms with E-state index in [1.165, 1.54) is 11.8 Å². The van der Waals surface area contributed by atoms with Crippen molar-refractivity contribution < 1.29 is 4.79 Å². The van der Waals surface area contributed by atoms with Crippen molar-refractivity contribution in [3.05, 3.63) is 47.8 Å². The van der Waals surface area contributed by atoms with Gasteiger partial charge in [-0.15, -0.1) is 16.4 Å². The average Bonchev–Trinajstić information content (AvgIpc) is 3.25. The van der Waals surface area contributed by atoms with Gasteiger partial charge in [-0.25, -0.2) is 4.98 Å². The van der Waals surface area contributed by atoms with Crippen LogP contribution in [0.3, 0.4) is 0 Å². The van der Waals surface area contributed by atoms with Gasteiger partial charge in [-0.2, -0.15) is 0 Å². The molecule has 0 saturated carbocycles. The van der Waals surface area contributed by atoms with Crippen molar-refractivity contribution in [2.24, 2.45) is 0 Å². The average molecular weight is 344 g/mol. The summed E-state index contributed by atoms with van der Waals surface area (Å²) in [7, 11) is 1.78. The number of hydrogen-bond acceptors (Lipinski definition) is 5. The molecule has 0 aliphatic heterocycles. The van der Waals surface area contributed by atoms with Crippen molar-refractivity contribution in [1.82, 2.24) is 15.2 Å². The number of para-hydroxylation sites is 1. The number of rotatable bonds is 5. The maximum atomic E-state index is 12.5. The van der Waals surface area contributed by atoms with Gasteiger partial charge in [0, 0.05) is 12.7 Å². The minimum Gasteiger partial charge on any atom is -0.315 e. The monoisotopic (exact) mass is 344 g/mol. The van der Waals surface area contributed by atoms with Crippen LogP contribution in [0.1, 0.15) is 6.92 Å². The molecule has 0 aliphatic carbocycles. The normalized spacial score (nSPS) is 12.1. The number of nitrogens with one attached hydrogen (secondary N) is 1. The molecule has 7 heteroatoms. The molecule has 0 fully saturated rings. The number of hydrogen-bond donors (Lipinski definition) is 1. The summed E-state index contributed by atoms with van der Waals surface area (Å²) in [5.41, 5.74) is 0.874. The number of amides is 1. The Labute approximate surface area is 142 Å². The van der Waals surface area contributed by atoms with E-state index in [2.05, 4.69) is 15.2 Å². The predicted octanol–water partition coefficient (Wildman–Crippen LogP) is 3.68. The van der Waals surface area contributed by atoms with E-state index in [4.69, 9.17) is 0 Å². The van der Waals surface area contributed by atoms with Crippen LogP contribution in [0.5, 0.6) is 0 Å². The summed E-state index contributed by atoms with van der Waals surface area (Å²) >= 11 is 2.95. The van der Waals surface area contributed by atoms with E-state index in [0.29, 0.717) is 5.16 Å². The summed E-state index contributed by atoms with van der Waals surface area (Å²) in [6, 6.07) is 13.5. The fourth-order valence-corrected chi connectivity index (χ4v) is 3.56. The topological polar surface area (TPSA) is 61.9 Å². The molecule has 3 aromatic rings. The lowest BCUT2D eigenvalue weighted by atomic mass is 10.3. The zero-order chi connectivity index (χ0) is 16.2. The van der Waals surface area contributed by atoms with E-state index in [1.807, 2.05) is 54.8 Å².